The van der Waals surface area contributed by atoms with Gasteiger partial charge in [0.1, 0.15) is 11.9 Å². The molecule has 1 atom stereocenters. The Kier molecular flexibility index (Phi) is 9.16. The Morgan fingerprint density at radius 2 is 2.05 bits per heavy atom. The molecule has 4 nitrogen and oxygen atoms in total. The molecule has 124 valence electrons. The molecule has 0 amide bonds. The fourth-order valence-electron chi connectivity index (χ4n) is 2.50. The van der Waals surface area contributed by atoms with Crippen LogP contribution in [-0.2, 0) is 0 Å². The third-order valence-electron chi connectivity index (χ3n) is 3.64. The van der Waals surface area contributed by atoms with Crippen molar-refractivity contribution in [3.63, 3.8) is 0 Å². The van der Waals surface area contributed by atoms with Gasteiger partial charge in [-0.1, -0.05) is 25.0 Å². The van der Waals surface area contributed by atoms with Crippen molar-refractivity contribution in [2.75, 3.05) is 13.6 Å². The van der Waals surface area contributed by atoms with Gasteiger partial charge < -0.3 is 15.4 Å². The molecule has 6 heteroatoms. The number of ether oxygens (including phenoxy) is 1. The highest BCUT2D eigenvalue weighted by atomic mass is 127. The average molecular weight is 482 g/mol. The van der Waals surface area contributed by atoms with E-state index in [9.17, 15) is 0 Å². The van der Waals surface area contributed by atoms with E-state index >= 15 is 0 Å². The zero-order valence-electron chi connectivity index (χ0n) is 13.1. The largest absolute Gasteiger partial charge is 0.488 e. The van der Waals surface area contributed by atoms with E-state index in [1.54, 1.807) is 0 Å². The summed E-state index contributed by atoms with van der Waals surface area (Å²) in [5.41, 5.74) is 0. The topological polar surface area (TPSA) is 45.7 Å². The standard InChI is InChI=1S/C16H24BrN3O.HI/c1-12(21-15-10-6-5-9-14(15)17)11-19-16(18-2)20-13-7-3-4-8-13;/h5-6,9-10,12-13H,3-4,7-8,11H2,1-2H3,(H2,18,19,20);1H. The van der Waals surface area contributed by atoms with Crippen LogP contribution < -0.4 is 15.4 Å². The smallest absolute Gasteiger partial charge is 0.191 e. The molecule has 2 rings (SSSR count). The molecule has 0 aromatic heterocycles. The quantitative estimate of drug-likeness (QED) is 0.380. The van der Waals surface area contributed by atoms with E-state index < -0.39 is 0 Å². The Morgan fingerprint density at radius 1 is 1.36 bits per heavy atom. The van der Waals surface area contributed by atoms with Gasteiger partial charge in [0.15, 0.2) is 5.96 Å². The van der Waals surface area contributed by atoms with Crippen LogP contribution in [0.5, 0.6) is 5.75 Å². The number of halogens is 2. The molecular formula is C16H25BrIN3O. The summed E-state index contributed by atoms with van der Waals surface area (Å²) >= 11 is 3.50. The minimum atomic E-state index is 0. The number of hydrogen-bond acceptors (Lipinski definition) is 2. The Labute approximate surface area is 158 Å². The number of benzene rings is 1. The van der Waals surface area contributed by atoms with Gasteiger partial charge in [0.05, 0.1) is 11.0 Å². The predicted molar refractivity (Wildman–Crippen MR) is 106 cm³/mol. The molecule has 0 spiro atoms. The zero-order chi connectivity index (χ0) is 15.1. The maximum atomic E-state index is 5.92. The van der Waals surface area contributed by atoms with Crippen molar-refractivity contribution in [1.82, 2.24) is 10.6 Å². The summed E-state index contributed by atoms with van der Waals surface area (Å²) < 4.78 is 6.89. The van der Waals surface area contributed by atoms with Gasteiger partial charge in [-0.2, -0.15) is 0 Å². The van der Waals surface area contributed by atoms with E-state index in [-0.39, 0.29) is 30.1 Å². The van der Waals surface area contributed by atoms with Gasteiger partial charge in [-0.05, 0) is 47.8 Å². The van der Waals surface area contributed by atoms with Gasteiger partial charge in [0, 0.05) is 13.1 Å². The van der Waals surface area contributed by atoms with E-state index in [4.69, 9.17) is 4.74 Å². The van der Waals surface area contributed by atoms with Crippen LogP contribution in [0.25, 0.3) is 0 Å². The number of rotatable bonds is 5. The minimum absolute atomic E-state index is 0. The second-order valence-corrected chi connectivity index (χ2v) is 6.29. The molecule has 1 unspecified atom stereocenters. The molecule has 22 heavy (non-hydrogen) atoms. The number of hydrogen-bond donors (Lipinski definition) is 2. The van der Waals surface area contributed by atoms with Crippen LogP contribution in [0.2, 0.25) is 0 Å². The first-order valence-corrected chi connectivity index (χ1v) is 8.36. The fourth-order valence-corrected chi connectivity index (χ4v) is 2.88. The third kappa shape index (κ3) is 6.32. The van der Waals surface area contributed by atoms with Crippen LogP contribution in [0.3, 0.4) is 0 Å². The van der Waals surface area contributed by atoms with Crippen molar-refractivity contribution in [2.45, 2.75) is 44.8 Å². The Balaban J connectivity index is 0.00000242. The van der Waals surface area contributed by atoms with Crippen molar-refractivity contribution >= 4 is 45.9 Å². The van der Waals surface area contributed by atoms with Gasteiger partial charge >= 0.3 is 0 Å². The molecule has 1 saturated carbocycles. The van der Waals surface area contributed by atoms with Crippen LogP contribution in [0.15, 0.2) is 33.7 Å². The van der Waals surface area contributed by atoms with Gasteiger partial charge in [-0.15, -0.1) is 24.0 Å². The summed E-state index contributed by atoms with van der Waals surface area (Å²) in [4.78, 5) is 4.28. The first-order chi connectivity index (χ1) is 10.2. The van der Waals surface area contributed by atoms with Gasteiger partial charge in [-0.25, -0.2) is 0 Å². The Morgan fingerprint density at radius 3 is 2.68 bits per heavy atom. The van der Waals surface area contributed by atoms with Crippen molar-refractivity contribution in [1.29, 1.82) is 0 Å². The van der Waals surface area contributed by atoms with E-state index in [0.29, 0.717) is 12.6 Å². The lowest BCUT2D eigenvalue weighted by molar-refractivity contribution is 0.222. The molecule has 2 N–H and O–H groups in total. The SMILES string of the molecule is CN=C(NCC(C)Oc1ccccc1Br)NC1CCCC1.I. The van der Waals surface area contributed by atoms with Gasteiger partial charge in [0.25, 0.3) is 0 Å². The molecule has 1 aliphatic rings. The van der Waals surface area contributed by atoms with Crippen molar-refractivity contribution in [2.24, 2.45) is 4.99 Å². The molecule has 1 aromatic carbocycles. The highest BCUT2D eigenvalue weighted by Crippen LogP contribution is 2.24. The van der Waals surface area contributed by atoms with Crippen LogP contribution in [0.4, 0.5) is 0 Å². The minimum Gasteiger partial charge on any atom is -0.488 e. The summed E-state index contributed by atoms with van der Waals surface area (Å²) in [7, 11) is 1.81. The summed E-state index contributed by atoms with van der Waals surface area (Å²) in [6.07, 6.45) is 5.17. The molecule has 0 heterocycles. The normalized spacial score (nSPS) is 16.8. The third-order valence-corrected chi connectivity index (χ3v) is 4.30. The Hall–Kier alpha value is -0.500. The zero-order valence-corrected chi connectivity index (χ0v) is 17.1. The summed E-state index contributed by atoms with van der Waals surface area (Å²) in [5.74, 6) is 1.73. The molecule has 0 radical (unpaired) electrons. The summed E-state index contributed by atoms with van der Waals surface area (Å²) in [6, 6.07) is 8.46. The van der Waals surface area contributed by atoms with Crippen molar-refractivity contribution in [3.8, 4) is 5.75 Å². The number of para-hydroxylation sites is 1. The molecule has 0 saturated heterocycles. The molecule has 1 fully saturated rings. The lowest BCUT2D eigenvalue weighted by Crippen LogP contribution is -2.45. The van der Waals surface area contributed by atoms with Crippen LogP contribution >= 0.6 is 39.9 Å². The highest BCUT2D eigenvalue weighted by molar-refractivity contribution is 14.0. The molecule has 1 aliphatic carbocycles. The fraction of sp³-hybridized carbons (Fsp3) is 0.562. The lowest BCUT2D eigenvalue weighted by Gasteiger charge is -2.20. The van der Waals surface area contributed by atoms with E-state index in [2.05, 4.69) is 38.5 Å². The van der Waals surface area contributed by atoms with E-state index in [1.165, 1.54) is 25.7 Å². The first-order valence-electron chi connectivity index (χ1n) is 7.57. The van der Waals surface area contributed by atoms with Crippen LogP contribution in [0.1, 0.15) is 32.6 Å². The summed E-state index contributed by atoms with van der Waals surface area (Å²) in [6.45, 7) is 2.77. The predicted octanol–water partition coefficient (Wildman–Crippen LogP) is 3.94. The van der Waals surface area contributed by atoms with Crippen molar-refractivity contribution < 1.29 is 4.74 Å². The molecule has 0 bridgehead atoms. The number of aliphatic imine (C=N–C) groups is 1. The molecule has 0 aliphatic heterocycles. The van der Waals surface area contributed by atoms with Gasteiger partial charge in [0.2, 0.25) is 0 Å². The van der Waals surface area contributed by atoms with E-state index in [1.807, 2.05) is 31.3 Å². The average Bonchev–Trinajstić information content (AvgIpc) is 2.99. The number of nitrogens with zero attached hydrogens (tertiary/aromatic N) is 1. The van der Waals surface area contributed by atoms with E-state index in [0.717, 1.165) is 16.2 Å². The maximum Gasteiger partial charge on any atom is 0.191 e. The van der Waals surface area contributed by atoms with Crippen LogP contribution in [-0.4, -0.2) is 31.7 Å². The number of guanidine groups is 1. The second-order valence-electron chi connectivity index (χ2n) is 5.44. The lowest BCUT2D eigenvalue weighted by atomic mass is 10.2. The first kappa shape index (κ1) is 19.5. The maximum absolute atomic E-state index is 5.92. The second kappa shape index (κ2) is 10.3. The monoisotopic (exact) mass is 481 g/mol. The number of nitrogens with one attached hydrogen (secondary N) is 2. The van der Waals surface area contributed by atoms with Gasteiger partial charge in [-0.3, -0.25) is 4.99 Å². The summed E-state index contributed by atoms with van der Waals surface area (Å²) in [5, 5.41) is 6.80. The van der Waals surface area contributed by atoms with Crippen molar-refractivity contribution in [3.05, 3.63) is 28.7 Å². The molecule has 1 aromatic rings. The van der Waals surface area contributed by atoms with Crippen LogP contribution in [0, 0.1) is 0 Å². The Bertz CT molecular complexity index is 478. The highest BCUT2D eigenvalue weighted by Gasteiger charge is 2.16. The molecular weight excluding hydrogens is 457 g/mol.